The average molecular weight is 543 g/mol. The minimum Gasteiger partial charge on any atom is -0.245 e. The van der Waals surface area contributed by atoms with Crippen molar-refractivity contribution < 1.29 is 26.3 Å². The summed E-state index contributed by atoms with van der Waals surface area (Å²) in [4.78, 5) is 4.44. The Morgan fingerprint density at radius 2 is 0.875 bits per heavy atom. The van der Waals surface area contributed by atoms with E-state index < -0.39 is 45.7 Å². The van der Waals surface area contributed by atoms with E-state index >= 15 is 0 Å². The van der Waals surface area contributed by atoms with Gasteiger partial charge in [0.15, 0.2) is 0 Å². The third-order valence-corrected chi connectivity index (χ3v) is 5.87. The van der Waals surface area contributed by atoms with Crippen LogP contribution in [0.2, 0.25) is 0 Å². The van der Waals surface area contributed by atoms with E-state index in [-0.39, 0.29) is 39.7 Å². The van der Waals surface area contributed by atoms with Gasteiger partial charge >= 0.3 is 12.4 Å². The Morgan fingerprint density at radius 3 is 1.18 bits per heavy atom. The predicted octanol–water partition coefficient (Wildman–Crippen LogP) is 7.61. The van der Waals surface area contributed by atoms with Gasteiger partial charge in [-0.05, 0) is 48.0 Å². The second kappa shape index (κ2) is 10.3. The first-order chi connectivity index (χ1) is 18.9. The molecule has 0 aliphatic carbocycles. The van der Waals surface area contributed by atoms with Crippen molar-refractivity contribution in [1.29, 1.82) is 21.0 Å². The molecule has 5 nitrogen and oxygen atoms in total. The topological polar surface area (TPSA) is 108 Å². The molecule has 0 saturated carbocycles. The van der Waals surface area contributed by atoms with Gasteiger partial charge in [-0.1, -0.05) is 24.3 Å². The van der Waals surface area contributed by atoms with Gasteiger partial charge in [-0.3, -0.25) is 0 Å². The second-order valence-electron chi connectivity index (χ2n) is 8.33. The molecule has 1 aromatic heterocycles. The van der Waals surface area contributed by atoms with Crippen molar-refractivity contribution in [2.75, 3.05) is 0 Å². The number of aromatic nitrogens is 1. The number of nitrogens with zero attached hydrogens (tertiary/aromatic N) is 5. The molecule has 0 amide bonds. The van der Waals surface area contributed by atoms with Crippen LogP contribution in [-0.2, 0) is 12.4 Å². The van der Waals surface area contributed by atoms with Crippen LogP contribution in [0.4, 0.5) is 26.3 Å². The number of rotatable bonds is 3. The molecule has 0 N–H and O–H groups in total. The van der Waals surface area contributed by atoms with E-state index in [2.05, 4.69) is 4.98 Å². The van der Waals surface area contributed by atoms with Gasteiger partial charge in [-0.15, -0.1) is 0 Å². The Bertz CT molecular complexity index is 1670. The van der Waals surface area contributed by atoms with Crippen molar-refractivity contribution in [2.45, 2.75) is 12.4 Å². The van der Waals surface area contributed by atoms with Crippen LogP contribution in [0.3, 0.4) is 0 Å². The van der Waals surface area contributed by atoms with E-state index in [0.29, 0.717) is 12.1 Å². The first-order valence-corrected chi connectivity index (χ1v) is 11.1. The first-order valence-electron chi connectivity index (χ1n) is 11.1. The molecule has 0 aliphatic heterocycles. The summed E-state index contributed by atoms with van der Waals surface area (Å²) in [7, 11) is 0. The van der Waals surface area contributed by atoms with Gasteiger partial charge in [0.2, 0.25) is 0 Å². The fraction of sp³-hybridized carbons (Fsp3) is 0.0690. The molecule has 194 valence electrons. The highest BCUT2D eigenvalue weighted by molar-refractivity contribution is 5.89. The van der Waals surface area contributed by atoms with Crippen LogP contribution in [0.1, 0.15) is 33.4 Å². The first kappa shape index (κ1) is 27.4. The minimum absolute atomic E-state index is 0.0498. The molecule has 1 heterocycles. The standard InChI is InChI=1S/C29H11F6N5/c30-28(31,32)21-9-20(10-22(11-21)29(33,34)35)25-23(14-38)26(18-5-1-16(12-36)2-6-18)40-27(24(25)15-39)19-7-3-17(13-37)4-8-19/h1-11H. The van der Waals surface area contributed by atoms with Gasteiger partial charge in [-0.25, -0.2) is 4.98 Å². The molecule has 0 spiro atoms. The van der Waals surface area contributed by atoms with Crippen LogP contribution in [-0.4, -0.2) is 4.98 Å². The third-order valence-electron chi connectivity index (χ3n) is 5.87. The Balaban J connectivity index is 2.19. The number of hydrogen-bond acceptors (Lipinski definition) is 5. The molecule has 3 aromatic carbocycles. The van der Waals surface area contributed by atoms with Gasteiger partial charge in [0, 0.05) is 16.7 Å². The fourth-order valence-electron chi connectivity index (χ4n) is 4.01. The van der Waals surface area contributed by atoms with Gasteiger partial charge in [0.1, 0.15) is 12.1 Å². The van der Waals surface area contributed by atoms with Crippen LogP contribution in [0.25, 0.3) is 33.6 Å². The summed E-state index contributed by atoms with van der Waals surface area (Å²) in [6, 6.07) is 19.5. The highest BCUT2D eigenvalue weighted by atomic mass is 19.4. The third kappa shape index (κ3) is 5.18. The lowest BCUT2D eigenvalue weighted by Gasteiger charge is -2.19. The summed E-state index contributed by atoms with van der Waals surface area (Å²) in [6.07, 6.45) is -10.3. The normalized spacial score (nSPS) is 11.2. The Hall–Kier alpha value is -5.65. The number of benzene rings is 3. The van der Waals surface area contributed by atoms with Crippen LogP contribution < -0.4 is 0 Å². The lowest BCUT2D eigenvalue weighted by Crippen LogP contribution is -2.12. The molecular formula is C29H11F6N5. The average Bonchev–Trinajstić information content (AvgIpc) is 2.94. The summed E-state index contributed by atoms with van der Waals surface area (Å²) in [5.74, 6) is 0. The van der Waals surface area contributed by atoms with Crippen molar-refractivity contribution in [2.24, 2.45) is 0 Å². The maximum Gasteiger partial charge on any atom is 0.416 e. The van der Waals surface area contributed by atoms with Gasteiger partial charge < -0.3 is 0 Å². The van der Waals surface area contributed by atoms with Gasteiger partial charge in [-0.2, -0.15) is 47.4 Å². The van der Waals surface area contributed by atoms with E-state index in [1.807, 2.05) is 12.1 Å². The molecule has 0 bridgehead atoms. The Morgan fingerprint density at radius 1 is 0.500 bits per heavy atom. The van der Waals surface area contributed by atoms with Crippen LogP contribution in [0, 0.1) is 45.3 Å². The molecule has 40 heavy (non-hydrogen) atoms. The lowest BCUT2D eigenvalue weighted by atomic mass is 9.88. The SMILES string of the molecule is N#Cc1ccc(-c2nc(-c3ccc(C#N)cc3)c(C#N)c(-c3cc(C(F)(F)F)cc(C(F)(F)F)c3)c2C#N)cc1. The van der Waals surface area contributed by atoms with Gasteiger partial charge in [0.25, 0.3) is 0 Å². The smallest absolute Gasteiger partial charge is 0.245 e. The van der Waals surface area contributed by atoms with Gasteiger partial charge in [0.05, 0.1) is 56.9 Å². The monoisotopic (exact) mass is 543 g/mol. The molecule has 0 aliphatic rings. The predicted molar refractivity (Wildman–Crippen MR) is 129 cm³/mol. The number of nitriles is 4. The summed E-state index contributed by atoms with van der Waals surface area (Å²) in [6.45, 7) is 0. The molecule has 11 heteroatoms. The van der Waals surface area contributed by atoms with E-state index in [9.17, 15) is 36.9 Å². The zero-order valence-corrected chi connectivity index (χ0v) is 19.9. The molecular weight excluding hydrogens is 532 g/mol. The van der Waals surface area contributed by atoms with E-state index in [4.69, 9.17) is 10.5 Å². The molecule has 4 aromatic rings. The summed E-state index contributed by atoms with van der Waals surface area (Å²) >= 11 is 0. The quantitative estimate of drug-likeness (QED) is 0.247. The molecule has 4 rings (SSSR count). The lowest BCUT2D eigenvalue weighted by molar-refractivity contribution is -0.143. The molecule has 0 radical (unpaired) electrons. The molecule has 0 atom stereocenters. The maximum absolute atomic E-state index is 13.7. The van der Waals surface area contributed by atoms with Crippen molar-refractivity contribution in [3.05, 3.63) is 100 Å². The number of halogens is 6. The molecule has 0 unspecified atom stereocenters. The van der Waals surface area contributed by atoms with E-state index in [0.717, 1.165) is 0 Å². The van der Waals surface area contributed by atoms with Crippen molar-refractivity contribution in [1.82, 2.24) is 4.98 Å². The Kier molecular flexibility index (Phi) is 7.02. The zero-order valence-electron chi connectivity index (χ0n) is 19.9. The highest BCUT2D eigenvalue weighted by Crippen LogP contribution is 2.43. The van der Waals surface area contributed by atoms with E-state index in [1.165, 1.54) is 48.5 Å². The fourth-order valence-corrected chi connectivity index (χ4v) is 4.01. The van der Waals surface area contributed by atoms with Crippen LogP contribution in [0.5, 0.6) is 0 Å². The highest BCUT2D eigenvalue weighted by Gasteiger charge is 2.38. The summed E-state index contributed by atoms with van der Waals surface area (Å²) < 4.78 is 82.1. The number of alkyl halides is 6. The second-order valence-corrected chi connectivity index (χ2v) is 8.33. The van der Waals surface area contributed by atoms with E-state index in [1.54, 1.807) is 12.1 Å². The van der Waals surface area contributed by atoms with Crippen molar-refractivity contribution in [3.63, 3.8) is 0 Å². The van der Waals surface area contributed by atoms with Crippen LogP contribution >= 0.6 is 0 Å². The summed E-state index contributed by atoms with van der Waals surface area (Å²) in [5, 5.41) is 38.4. The van der Waals surface area contributed by atoms with Crippen LogP contribution in [0.15, 0.2) is 66.7 Å². The number of hydrogen-bond donors (Lipinski definition) is 0. The Labute approximate surface area is 223 Å². The zero-order chi connectivity index (χ0) is 29.2. The number of pyridine rings is 1. The largest absolute Gasteiger partial charge is 0.416 e. The molecule has 0 saturated heterocycles. The van der Waals surface area contributed by atoms with Crippen molar-refractivity contribution in [3.8, 4) is 57.9 Å². The van der Waals surface area contributed by atoms with Crippen molar-refractivity contribution >= 4 is 0 Å². The molecule has 0 fully saturated rings. The summed E-state index contributed by atoms with van der Waals surface area (Å²) in [5.41, 5.74) is -4.60. The maximum atomic E-state index is 13.7. The minimum atomic E-state index is -5.17.